The predicted molar refractivity (Wildman–Crippen MR) is 85.6 cm³/mol. The summed E-state index contributed by atoms with van der Waals surface area (Å²) in [7, 11) is 0. The van der Waals surface area contributed by atoms with Crippen molar-refractivity contribution in [3.63, 3.8) is 0 Å². The summed E-state index contributed by atoms with van der Waals surface area (Å²) in [6.45, 7) is -0.354. The minimum Gasteiger partial charge on any atom is -0.369 e. The third-order valence-electron chi connectivity index (χ3n) is 5.69. The monoisotopic (exact) mass is 345 g/mol. The van der Waals surface area contributed by atoms with Gasteiger partial charge >= 0.3 is 6.18 Å². The molecule has 2 aromatic rings. The fourth-order valence-electron chi connectivity index (χ4n) is 4.28. The Bertz CT molecular complexity index is 949. The van der Waals surface area contributed by atoms with Gasteiger partial charge in [-0.1, -0.05) is 24.3 Å². The van der Waals surface area contributed by atoms with Crippen LogP contribution in [0.5, 0.6) is 0 Å². The lowest BCUT2D eigenvalue weighted by Gasteiger charge is -2.25. The molecule has 1 amide bonds. The van der Waals surface area contributed by atoms with E-state index in [0.717, 1.165) is 0 Å². The number of nitrogens with two attached hydrogens (primary N) is 1. The number of carbonyl (C=O) groups is 1. The van der Waals surface area contributed by atoms with Crippen molar-refractivity contribution in [3.05, 3.63) is 42.0 Å². The standard InChI is InChI=1S/C18H14F3N3O/c19-18(20,21)17-8-16(17,15(23)25)9-24(10-17)14-6-5-11(7-22)12-3-1-2-4-13(12)14/h1-6H,8-10H2,(H2,23,25). The van der Waals surface area contributed by atoms with Crippen LogP contribution in [-0.4, -0.2) is 25.2 Å². The van der Waals surface area contributed by atoms with Crippen molar-refractivity contribution in [1.29, 1.82) is 5.26 Å². The molecule has 1 saturated carbocycles. The van der Waals surface area contributed by atoms with Gasteiger partial charge in [0.15, 0.2) is 0 Å². The Morgan fingerprint density at radius 1 is 1.16 bits per heavy atom. The number of halogens is 3. The summed E-state index contributed by atoms with van der Waals surface area (Å²) in [5.74, 6) is -0.898. The van der Waals surface area contributed by atoms with E-state index in [2.05, 4.69) is 6.07 Å². The molecule has 2 atom stereocenters. The molecule has 1 saturated heterocycles. The number of anilines is 1. The van der Waals surface area contributed by atoms with E-state index in [4.69, 9.17) is 5.73 Å². The molecule has 2 aromatic carbocycles. The van der Waals surface area contributed by atoms with Gasteiger partial charge in [-0.25, -0.2) is 0 Å². The summed E-state index contributed by atoms with van der Waals surface area (Å²) in [4.78, 5) is 13.4. The van der Waals surface area contributed by atoms with Gasteiger partial charge in [0.25, 0.3) is 0 Å². The molecule has 0 radical (unpaired) electrons. The van der Waals surface area contributed by atoms with E-state index in [9.17, 15) is 23.2 Å². The van der Waals surface area contributed by atoms with E-state index in [1.165, 1.54) is 0 Å². The smallest absolute Gasteiger partial charge is 0.369 e. The lowest BCUT2D eigenvalue weighted by molar-refractivity contribution is -0.191. The van der Waals surface area contributed by atoms with Crippen LogP contribution in [0.1, 0.15) is 12.0 Å². The zero-order valence-electron chi connectivity index (χ0n) is 13.1. The molecule has 4 rings (SSSR count). The molecule has 1 aliphatic carbocycles. The zero-order valence-corrected chi connectivity index (χ0v) is 13.1. The van der Waals surface area contributed by atoms with Crippen molar-refractivity contribution < 1.29 is 18.0 Å². The second kappa shape index (κ2) is 4.66. The summed E-state index contributed by atoms with van der Waals surface area (Å²) < 4.78 is 40.9. The summed E-state index contributed by atoms with van der Waals surface area (Å²) >= 11 is 0. The van der Waals surface area contributed by atoms with E-state index in [1.807, 2.05) is 0 Å². The number of primary amides is 1. The Morgan fingerprint density at radius 2 is 1.84 bits per heavy atom. The number of carbonyl (C=O) groups excluding carboxylic acids is 1. The average Bonchev–Trinajstić information content (AvgIpc) is 3.12. The molecule has 1 heterocycles. The van der Waals surface area contributed by atoms with Gasteiger partial charge in [0.2, 0.25) is 5.91 Å². The molecule has 128 valence electrons. The average molecular weight is 345 g/mol. The minimum absolute atomic E-state index is 0.0578. The Balaban J connectivity index is 1.83. The molecule has 2 N–H and O–H groups in total. The second-order valence-electron chi connectivity index (χ2n) is 6.85. The molecule has 25 heavy (non-hydrogen) atoms. The second-order valence-corrected chi connectivity index (χ2v) is 6.85. The number of hydrogen-bond donors (Lipinski definition) is 1. The normalized spacial score (nSPS) is 27.8. The van der Waals surface area contributed by atoms with Crippen molar-refractivity contribution in [2.75, 3.05) is 18.0 Å². The van der Waals surface area contributed by atoms with Crippen LogP contribution in [0.3, 0.4) is 0 Å². The van der Waals surface area contributed by atoms with Crippen LogP contribution in [0.2, 0.25) is 0 Å². The molecule has 2 fully saturated rings. The van der Waals surface area contributed by atoms with Crippen molar-refractivity contribution in [2.45, 2.75) is 12.6 Å². The predicted octanol–water partition coefficient (Wildman–Crippen LogP) is 2.96. The van der Waals surface area contributed by atoms with Gasteiger partial charge in [-0.3, -0.25) is 4.79 Å². The first-order valence-corrected chi connectivity index (χ1v) is 7.79. The van der Waals surface area contributed by atoms with E-state index >= 15 is 0 Å². The van der Waals surface area contributed by atoms with Gasteiger partial charge < -0.3 is 10.6 Å². The number of fused-ring (bicyclic) bond motifs is 2. The highest BCUT2D eigenvalue weighted by Crippen LogP contribution is 2.74. The number of nitriles is 1. The van der Waals surface area contributed by atoms with Crippen LogP contribution >= 0.6 is 0 Å². The molecule has 4 nitrogen and oxygen atoms in total. The van der Waals surface area contributed by atoms with Gasteiger partial charge in [0, 0.05) is 29.5 Å². The molecule has 1 aliphatic heterocycles. The van der Waals surface area contributed by atoms with Crippen molar-refractivity contribution in [3.8, 4) is 6.07 Å². The zero-order chi connectivity index (χ0) is 18.0. The van der Waals surface area contributed by atoms with Crippen LogP contribution in [-0.2, 0) is 4.79 Å². The Labute approximate surface area is 141 Å². The molecule has 0 spiro atoms. The van der Waals surface area contributed by atoms with Gasteiger partial charge in [0.1, 0.15) is 5.41 Å². The first kappa shape index (κ1) is 15.8. The number of nitrogens with zero attached hydrogens (tertiary/aromatic N) is 2. The van der Waals surface area contributed by atoms with E-state index < -0.39 is 22.9 Å². The first-order valence-electron chi connectivity index (χ1n) is 7.79. The SMILES string of the molecule is N#Cc1ccc(N2CC3(C(N)=O)CC3(C(F)(F)F)C2)c2ccccc12. The van der Waals surface area contributed by atoms with Crippen LogP contribution in [0, 0.1) is 22.2 Å². The van der Waals surface area contributed by atoms with Crippen LogP contribution in [0.4, 0.5) is 18.9 Å². The summed E-state index contributed by atoms with van der Waals surface area (Å²) in [5, 5.41) is 10.6. The first-order chi connectivity index (χ1) is 11.8. The number of alkyl halides is 3. The summed E-state index contributed by atoms with van der Waals surface area (Å²) in [5.41, 5.74) is 2.77. The van der Waals surface area contributed by atoms with Gasteiger partial charge in [-0.05, 0) is 18.6 Å². The largest absolute Gasteiger partial charge is 0.397 e. The van der Waals surface area contributed by atoms with E-state index in [0.29, 0.717) is 22.0 Å². The van der Waals surface area contributed by atoms with Gasteiger partial charge in [-0.2, -0.15) is 18.4 Å². The fourth-order valence-corrected chi connectivity index (χ4v) is 4.28. The molecule has 2 aliphatic rings. The number of hydrogen-bond acceptors (Lipinski definition) is 3. The number of amides is 1. The molecular weight excluding hydrogens is 331 g/mol. The maximum absolute atomic E-state index is 13.6. The maximum Gasteiger partial charge on any atom is 0.397 e. The Kier molecular flexibility index (Phi) is 2.94. The van der Waals surface area contributed by atoms with Gasteiger partial charge in [0.05, 0.1) is 17.0 Å². The third kappa shape index (κ3) is 1.85. The lowest BCUT2D eigenvalue weighted by Crippen LogP contribution is -2.37. The summed E-state index contributed by atoms with van der Waals surface area (Å²) in [6.07, 6.45) is -4.73. The van der Waals surface area contributed by atoms with Gasteiger partial charge in [-0.15, -0.1) is 0 Å². The Morgan fingerprint density at radius 3 is 2.40 bits per heavy atom. The quantitative estimate of drug-likeness (QED) is 0.910. The molecule has 2 unspecified atom stereocenters. The van der Waals surface area contributed by atoms with E-state index in [-0.39, 0.29) is 19.5 Å². The highest BCUT2D eigenvalue weighted by atomic mass is 19.4. The number of benzene rings is 2. The molecule has 0 bridgehead atoms. The highest BCUT2D eigenvalue weighted by Gasteiger charge is 2.85. The topological polar surface area (TPSA) is 70.1 Å². The van der Waals surface area contributed by atoms with E-state index in [1.54, 1.807) is 41.3 Å². The van der Waals surface area contributed by atoms with Crippen molar-refractivity contribution >= 4 is 22.4 Å². The minimum atomic E-state index is -4.49. The maximum atomic E-state index is 13.6. The summed E-state index contributed by atoms with van der Waals surface area (Å²) in [6, 6.07) is 12.4. The molecule has 7 heteroatoms. The lowest BCUT2D eigenvalue weighted by atomic mass is 9.95. The van der Waals surface area contributed by atoms with Crippen LogP contribution in [0.15, 0.2) is 36.4 Å². The van der Waals surface area contributed by atoms with Crippen molar-refractivity contribution in [1.82, 2.24) is 0 Å². The fraction of sp³-hybridized carbons (Fsp3) is 0.333. The Hall–Kier alpha value is -2.75. The molecular formula is C18H14F3N3O. The van der Waals surface area contributed by atoms with Crippen LogP contribution < -0.4 is 10.6 Å². The third-order valence-corrected chi connectivity index (χ3v) is 5.69. The molecule has 0 aromatic heterocycles. The number of rotatable bonds is 2. The van der Waals surface area contributed by atoms with Crippen LogP contribution in [0.25, 0.3) is 10.8 Å². The number of piperidine rings is 1. The van der Waals surface area contributed by atoms with Crippen molar-refractivity contribution in [2.24, 2.45) is 16.6 Å². The highest BCUT2D eigenvalue weighted by molar-refractivity contribution is 5.99.